The maximum absolute atomic E-state index is 13.5. The van der Waals surface area contributed by atoms with Gasteiger partial charge < -0.3 is 40.2 Å². The van der Waals surface area contributed by atoms with Gasteiger partial charge in [0, 0.05) is 34.1 Å². The molecule has 0 atom stereocenters. The molecule has 0 aromatic heterocycles. The highest BCUT2D eigenvalue weighted by Crippen LogP contribution is 2.26. The second-order valence-electron chi connectivity index (χ2n) is 13.6. The summed E-state index contributed by atoms with van der Waals surface area (Å²) in [6, 6.07) is 38.2. The number of carbonyl (C=O) groups excluding carboxylic acids is 4. The summed E-state index contributed by atoms with van der Waals surface area (Å²) in [4.78, 5) is 50.4. The molecule has 6 rings (SSSR count). The average Bonchev–Trinajstić information content (AvgIpc) is 3.27. The first-order chi connectivity index (χ1) is 30.4. The first kappa shape index (κ1) is 44.5. The van der Waals surface area contributed by atoms with E-state index in [1.165, 1.54) is 48.5 Å². The van der Waals surface area contributed by atoms with Gasteiger partial charge in [0.1, 0.15) is 37.9 Å². The topological polar surface area (TPSA) is 212 Å². The molecule has 0 unspecified atom stereocenters. The first-order valence-electron chi connectivity index (χ1n) is 19.5. The fourth-order valence-electron chi connectivity index (χ4n) is 5.74. The molecule has 16 nitrogen and oxygen atoms in total. The number of para-hydroxylation sites is 2. The Morgan fingerprint density at radius 1 is 0.429 bits per heavy atom. The SMILES string of the molecule is Cc1ccc(NC(=O)OCCOc2ccccc2)cc1NC(=O)Nc1ccc(S(=O)(=O)c2ccc(NC(=O)Nc3cc(NC(=O)OCCOc4ccccc4)ccc3C)cc2)cc1. The van der Waals surface area contributed by atoms with Crippen LogP contribution in [-0.4, -0.2) is 59.1 Å². The fourth-order valence-corrected chi connectivity index (χ4v) is 7.00. The van der Waals surface area contributed by atoms with Crippen molar-refractivity contribution in [1.82, 2.24) is 0 Å². The first-order valence-corrected chi connectivity index (χ1v) is 21.0. The van der Waals surface area contributed by atoms with Gasteiger partial charge in [-0.2, -0.15) is 0 Å². The summed E-state index contributed by atoms with van der Waals surface area (Å²) >= 11 is 0. The molecule has 0 aliphatic carbocycles. The summed E-state index contributed by atoms with van der Waals surface area (Å²) in [6.45, 7) is 3.96. The van der Waals surface area contributed by atoms with E-state index >= 15 is 0 Å². The Morgan fingerprint density at radius 2 is 0.794 bits per heavy atom. The lowest BCUT2D eigenvalue weighted by Gasteiger charge is -2.13. The molecule has 0 aliphatic rings. The van der Waals surface area contributed by atoms with Crippen LogP contribution in [0.1, 0.15) is 11.1 Å². The fraction of sp³-hybridized carbons (Fsp3) is 0.130. The number of benzene rings is 6. The minimum atomic E-state index is -3.97. The number of amides is 6. The Labute approximate surface area is 363 Å². The van der Waals surface area contributed by atoms with Gasteiger partial charge in [0.2, 0.25) is 9.84 Å². The molecule has 0 heterocycles. The van der Waals surface area contributed by atoms with Gasteiger partial charge in [-0.15, -0.1) is 0 Å². The summed E-state index contributed by atoms with van der Waals surface area (Å²) in [6.07, 6.45) is -1.38. The van der Waals surface area contributed by atoms with Crippen LogP contribution in [0, 0.1) is 13.8 Å². The van der Waals surface area contributed by atoms with Gasteiger partial charge >= 0.3 is 24.2 Å². The normalized spacial score (nSPS) is 10.7. The van der Waals surface area contributed by atoms with Crippen LogP contribution in [0.25, 0.3) is 0 Å². The number of carbonyl (C=O) groups is 4. The lowest BCUT2D eigenvalue weighted by Crippen LogP contribution is -2.21. The molecule has 6 N–H and O–H groups in total. The molecular formula is C46H44N6O10S. The largest absolute Gasteiger partial charge is 0.490 e. The number of hydrogen-bond acceptors (Lipinski definition) is 10. The standard InChI is InChI=1S/C46H44N6O10S/c1-31-13-15-35(49-45(55)61-27-25-59-37-9-5-3-6-10-37)29-41(31)51-43(53)47-33-17-21-39(22-18-33)63(57,58)40-23-19-34(20-24-40)48-44(54)52-42-30-36(16-14-32(42)2)50-46(56)62-28-26-60-38-11-7-4-8-12-38/h3-24,29-30H,25-28H2,1-2H3,(H,49,55)(H,50,56)(H2,47,51,53)(H2,48,52,54). The minimum Gasteiger partial charge on any atom is -0.490 e. The van der Waals surface area contributed by atoms with E-state index in [-0.39, 0.29) is 36.2 Å². The van der Waals surface area contributed by atoms with Crippen molar-refractivity contribution in [1.29, 1.82) is 0 Å². The van der Waals surface area contributed by atoms with Crippen LogP contribution < -0.4 is 41.4 Å². The number of nitrogens with one attached hydrogen (secondary N) is 6. The van der Waals surface area contributed by atoms with E-state index < -0.39 is 34.1 Å². The van der Waals surface area contributed by atoms with Gasteiger partial charge in [-0.05, 0) is 122 Å². The number of ether oxygens (including phenoxy) is 4. The Bertz CT molecular complexity index is 2460. The third kappa shape index (κ3) is 13.5. The Balaban J connectivity index is 0.950. The van der Waals surface area contributed by atoms with Crippen molar-refractivity contribution < 1.29 is 46.5 Å². The number of sulfone groups is 1. The van der Waals surface area contributed by atoms with Crippen molar-refractivity contribution in [3.05, 3.63) is 157 Å². The molecule has 6 aromatic rings. The Kier molecular flexibility index (Phi) is 15.2. The monoisotopic (exact) mass is 872 g/mol. The Morgan fingerprint density at radius 3 is 1.17 bits per heavy atom. The molecule has 0 fully saturated rings. The molecule has 6 aromatic carbocycles. The van der Waals surface area contributed by atoms with E-state index in [1.54, 1.807) is 74.5 Å². The van der Waals surface area contributed by atoms with Gasteiger partial charge in [0.15, 0.2) is 0 Å². The summed E-state index contributed by atoms with van der Waals surface area (Å²) < 4.78 is 48.3. The number of hydrogen-bond donors (Lipinski definition) is 6. The van der Waals surface area contributed by atoms with Crippen molar-refractivity contribution in [2.24, 2.45) is 0 Å². The smallest absolute Gasteiger partial charge is 0.411 e. The van der Waals surface area contributed by atoms with Crippen molar-refractivity contribution >= 4 is 68.2 Å². The van der Waals surface area contributed by atoms with E-state index in [1.807, 2.05) is 36.4 Å². The van der Waals surface area contributed by atoms with E-state index in [0.29, 0.717) is 45.6 Å². The molecule has 63 heavy (non-hydrogen) atoms. The zero-order valence-electron chi connectivity index (χ0n) is 34.2. The Hall–Kier alpha value is -8.05. The van der Waals surface area contributed by atoms with Gasteiger partial charge in [0.25, 0.3) is 0 Å². The minimum absolute atomic E-state index is 0.0200. The van der Waals surface area contributed by atoms with Crippen molar-refractivity contribution in [3.8, 4) is 11.5 Å². The highest BCUT2D eigenvalue weighted by molar-refractivity contribution is 7.91. The predicted molar refractivity (Wildman–Crippen MR) is 240 cm³/mol. The van der Waals surface area contributed by atoms with Gasteiger partial charge in [-0.3, -0.25) is 10.6 Å². The summed E-state index contributed by atoms with van der Waals surface area (Å²) in [5, 5.41) is 16.0. The van der Waals surface area contributed by atoms with E-state index in [9.17, 15) is 27.6 Å². The molecule has 0 spiro atoms. The lowest BCUT2D eigenvalue weighted by molar-refractivity contribution is 0.137. The van der Waals surface area contributed by atoms with Crippen molar-refractivity contribution in [2.75, 3.05) is 58.3 Å². The summed E-state index contributed by atoms with van der Waals surface area (Å²) in [5.41, 5.74) is 3.72. The van der Waals surface area contributed by atoms with Crippen molar-refractivity contribution in [2.45, 2.75) is 23.6 Å². The van der Waals surface area contributed by atoms with Gasteiger partial charge in [-0.25, -0.2) is 27.6 Å². The van der Waals surface area contributed by atoms with Crippen LogP contribution in [0.5, 0.6) is 11.5 Å². The molecule has 0 radical (unpaired) electrons. The van der Waals surface area contributed by atoms with E-state index in [0.717, 1.165) is 11.1 Å². The molecule has 0 saturated carbocycles. The number of urea groups is 2. The van der Waals surface area contributed by atoms with Gasteiger partial charge in [0.05, 0.1) is 9.79 Å². The number of rotatable bonds is 16. The second kappa shape index (κ2) is 21.5. The molecule has 17 heteroatoms. The zero-order chi connectivity index (χ0) is 44.6. The van der Waals surface area contributed by atoms with Crippen LogP contribution in [0.15, 0.2) is 155 Å². The third-order valence-electron chi connectivity index (χ3n) is 8.97. The maximum atomic E-state index is 13.5. The highest BCUT2D eigenvalue weighted by atomic mass is 32.2. The molecule has 0 bridgehead atoms. The van der Waals surface area contributed by atoms with Gasteiger partial charge in [-0.1, -0.05) is 48.5 Å². The van der Waals surface area contributed by atoms with Crippen LogP contribution in [-0.2, 0) is 19.3 Å². The van der Waals surface area contributed by atoms with Crippen LogP contribution >= 0.6 is 0 Å². The molecule has 0 saturated heterocycles. The van der Waals surface area contributed by atoms with Crippen LogP contribution in [0.3, 0.4) is 0 Å². The molecule has 0 aliphatic heterocycles. The van der Waals surface area contributed by atoms with Crippen LogP contribution in [0.2, 0.25) is 0 Å². The number of aryl methyl sites for hydroxylation is 2. The molecule has 6 amide bonds. The molecule has 324 valence electrons. The zero-order valence-corrected chi connectivity index (χ0v) is 35.0. The second-order valence-corrected chi connectivity index (χ2v) is 15.6. The summed E-state index contributed by atoms with van der Waals surface area (Å²) in [7, 11) is -3.97. The highest BCUT2D eigenvalue weighted by Gasteiger charge is 2.19. The quantitative estimate of drug-likeness (QED) is 0.0507. The maximum Gasteiger partial charge on any atom is 0.411 e. The lowest BCUT2D eigenvalue weighted by atomic mass is 10.2. The van der Waals surface area contributed by atoms with E-state index in [4.69, 9.17) is 18.9 Å². The number of anilines is 6. The summed E-state index contributed by atoms with van der Waals surface area (Å²) in [5.74, 6) is 1.32. The average molecular weight is 873 g/mol. The third-order valence-corrected chi connectivity index (χ3v) is 10.8. The van der Waals surface area contributed by atoms with Crippen LogP contribution in [0.4, 0.5) is 53.3 Å². The predicted octanol–water partition coefficient (Wildman–Crippen LogP) is 9.68. The van der Waals surface area contributed by atoms with E-state index in [2.05, 4.69) is 31.9 Å². The molecular weight excluding hydrogens is 829 g/mol. The van der Waals surface area contributed by atoms with Crippen molar-refractivity contribution in [3.63, 3.8) is 0 Å².